The molecule has 0 fully saturated rings. The SMILES string of the molecule is N#Cc1ccc(-n2c3ccccc3c3ccc4c5ccccc5sc4c32)c(-c2ccc3oc4ccc(C#N)cc4c3c2)c1. The van der Waals surface area contributed by atoms with Crippen molar-refractivity contribution in [1.82, 2.24) is 4.57 Å². The molecule has 4 nitrogen and oxygen atoms in total. The normalized spacial score (nSPS) is 11.7. The Morgan fingerprint density at radius 3 is 2.14 bits per heavy atom. The van der Waals surface area contributed by atoms with Crippen LogP contribution in [0.25, 0.3) is 80.7 Å². The third-order valence-corrected chi connectivity index (χ3v) is 9.65. The smallest absolute Gasteiger partial charge is 0.135 e. The van der Waals surface area contributed by atoms with Crippen LogP contribution in [0.4, 0.5) is 0 Å². The van der Waals surface area contributed by atoms with Crippen LogP contribution in [0.3, 0.4) is 0 Å². The van der Waals surface area contributed by atoms with Crippen molar-refractivity contribution in [1.29, 1.82) is 10.5 Å². The van der Waals surface area contributed by atoms with Crippen molar-refractivity contribution in [2.75, 3.05) is 0 Å². The molecule has 0 N–H and O–H groups in total. The van der Waals surface area contributed by atoms with Crippen LogP contribution in [0.2, 0.25) is 0 Å². The average Bonchev–Trinajstić information content (AvgIpc) is 3.73. The summed E-state index contributed by atoms with van der Waals surface area (Å²) < 4.78 is 11.0. The maximum atomic E-state index is 9.93. The molecule has 0 bridgehead atoms. The minimum Gasteiger partial charge on any atom is -0.456 e. The standard InChI is InChI=1S/C38H19N3OS/c39-20-22-9-14-33(29(17-22)24-11-16-35-31(19-24)30-18-23(21-40)10-15-34(30)42-35)41-32-7-3-1-5-25(32)27-12-13-28-26-6-2-4-8-36(26)43-38(28)37(27)41/h1-19H. The molecule has 0 saturated carbocycles. The minimum atomic E-state index is 0.588. The van der Waals surface area contributed by atoms with Crippen LogP contribution >= 0.6 is 11.3 Å². The lowest BCUT2D eigenvalue weighted by Crippen LogP contribution is -1.98. The number of benzene rings is 6. The van der Waals surface area contributed by atoms with E-state index in [2.05, 4.69) is 95.6 Å². The van der Waals surface area contributed by atoms with Crippen molar-refractivity contribution in [3.05, 3.63) is 126 Å². The van der Waals surface area contributed by atoms with Crippen molar-refractivity contribution < 1.29 is 4.42 Å². The van der Waals surface area contributed by atoms with E-state index in [4.69, 9.17) is 4.42 Å². The van der Waals surface area contributed by atoms with Gasteiger partial charge in [-0.2, -0.15) is 10.5 Å². The Bertz CT molecular complexity index is 2710. The van der Waals surface area contributed by atoms with Gasteiger partial charge in [0.25, 0.3) is 0 Å². The first-order valence-electron chi connectivity index (χ1n) is 14.0. The first-order valence-corrected chi connectivity index (χ1v) is 14.8. The second-order valence-electron chi connectivity index (χ2n) is 10.8. The summed E-state index contributed by atoms with van der Waals surface area (Å²) in [6, 6.07) is 43.8. The molecule has 43 heavy (non-hydrogen) atoms. The summed E-state index contributed by atoms with van der Waals surface area (Å²) in [6.45, 7) is 0. The zero-order valence-corrected chi connectivity index (χ0v) is 23.4. The number of nitriles is 2. The Morgan fingerprint density at radius 2 is 1.28 bits per heavy atom. The van der Waals surface area contributed by atoms with Crippen molar-refractivity contribution in [3.63, 3.8) is 0 Å². The Balaban J connectivity index is 1.41. The van der Waals surface area contributed by atoms with E-state index in [1.807, 2.05) is 41.7 Å². The van der Waals surface area contributed by atoms with Crippen LogP contribution in [-0.4, -0.2) is 4.57 Å². The Morgan fingerprint density at radius 1 is 0.581 bits per heavy atom. The average molecular weight is 566 g/mol. The highest BCUT2D eigenvalue weighted by molar-refractivity contribution is 7.26. The number of thiophene rings is 1. The molecular weight excluding hydrogens is 547 g/mol. The quantitative estimate of drug-likeness (QED) is 0.209. The van der Waals surface area contributed by atoms with Crippen LogP contribution in [-0.2, 0) is 0 Å². The number of furan rings is 1. The van der Waals surface area contributed by atoms with Gasteiger partial charge in [0, 0.05) is 42.6 Å². The second-order valence-corrected chi connectivity index (χ2v) is 11.8. The largest absolute Gasteiger partial charge is 0.456 e. The van der Waals surface area contributed by atoms with E-state index < -0.39 is 0 Å². The zero-order chi connectivity index (χ0) is 28.7. The first-order chi connectivity index (χ1) is 21.2. The molecule has 9 aromatic rings. The van der Waals surface area contributed by atoms with Crippen molar-refractivity contribution >= 4 is 75.3 Å². The van der Waals surface area contributed by atoms with Gasteiger partial charge in [-0.1, -0.05) is 54.6 Å². The molecule has 0 aliphatic rings. The van der Waals surface area contributed by atoms with E-state index in [0.717, 1.165) is 44.3 Å². The molecule has 3 heterocycles. The van der Waals surface area contributed by atoms with Gasteiger partial charge in [-0.3, -0.25) is 0 Å². The summed E-state index contributed by atoms with van der Waals surface area (Å²) in [5.74, 6) is 0. The summed E-state index contributed by atoms with van der Waals surface area (Å²) >= 11 is 1.82. The fraction of sp³-hybridized carbons (Fsp3) is 0. The Kier molecular flexibility index (Phi) is 4.87. The molecule has 6 aromatic carbocycles. The number of hydrogen-bond donors (Lipinski definition) is 0. The lowest BCUT2D eigenvalue weighted by atomic mass is 9.98. The topological polar surface area (TPSA) is 65.7 Å². The number of fused-ring (bicyclic) bond motifs is 10. The third kappa shape index (κ3) is 3.35. The van der Waals surface area contributed by atoms with Crippen LogP contribution < -0.4 is 0 Å². The van der Waals surface area contributed by atoms with Gasteiger partial charge in [0.15, 0.2) is 0 Å². The predicted octanol–water partition coefficient (Wildman–Crippen LogP) is 10.5. The molecule has 0 radical (unpaired) electrons. The Labute approximate surface area is 249 Å². The molecule has 0 unspecified atom stereocenters. The minimum absolute atomic E-state index is 0.588. The summed E-state index contributed by atoms with van der Waals surface area (Å²) in [4.78, 5) is 0. The van der Waals surface area contributed by atoms with E-state index >= 15 is 0 Å². The van der Waals surface area contributed by atoms with Crippen molar-refractivity contribution in [2.24, 2.45) is 0 Å². The van der Waals surface area contributed by atoms with Crippen molar-refractivity contribution in [3.8, 4) is 29.0 Å². The predicted molar refractivity (Wildman–Crippen MR) is 176 cm³/mol. The number of hydrogen-bond acceptors (Lipinski definition) is 4. The highest BCUT2D eigenvalue weighted by Crippen LogP contribution is 2.44. The molecule has 0 spiro atoms. The van der Waals surface area contributed by atoms with Crippen LogP contribution in [0, 0.1) is 22.7 Å². The van der Waals surface area contributed by atoms with Gasteiger partial charge in [0.2, 0.25) is 0 Å². The maximum absolute atomic E-state index is 9.93. The summed E-state index contributed by atoms with van der Waals surface area (Å²) in [6.07, 6.45) is 0. The highest BCUT2D eigenvalue weighted by atomic mass is 32.1. The Hall–Kier alpha value is -5.88. The molecule has 0 amide bonds. The summed E-state index contributed by atoms with van der Waals surface area (Å²) in [5.41, 5.74) is 7.89. The van der Waals surface area contributed by atoms with Gasteiger partial charge < -0.3 is 8.98 Å². The summed E-state index contributed by atoms with van der Waals surface area (Å²) in [5, 5.41) is 26.2. The number of rotatable bonds is 2. The van der Waals surface area contributed by atoms with Gasteiger partial charge in [-0.25, -0.2) is 0 Å². The van der Waals surface area contributed by atoms with Gasteiger partial charge in [-0.15, -0.1) is 11.3 Å². The van der Waals surface area contributed by atoms with Gasteiger partial charge >= 0.3 is 0 Å². The van der Waals surface area contributed by atoms with E-state index in [0.29, 0.717) is 11.1 Å². The number of nitrogens with zero attached hydrogens (tertiary/aromatic N) is 3. The third-order valence-electron chi connectivity index (χ3n) is 8.46. The highest BCUT2D eigenvalue weighted by Gasteiger charge is 2.20. The molecule has 5 heteroatoms. The lowest BCUT2D eigenvalue weighted by Gasteiger charge is -2.15. The van der Waals surface area contributed by atoms with Crippen LogP contribution in [0.15, 0.2) is 120 Å². The fourth-order valence-corrected chi connectivity index (χ4v) is 7.77. The molecular formula is C38H19N3OS. The second kappa shape index (κ2) is 8.81. The molecule has 3 aromatic heterocycles. The van der Waals surface area contributed by atoms with Gasteiger partial charge in [0.1, 0.15) is 11.2 Å². The van der Waals surface area contributed by atoms with E-state index in [9.17, 15) is 10.5 Å². The lowest BCUT2D eigenvalue weighted by molar-refractivity contribution is 0.669. The number of para-hydroxylation sites is 1. The molecule has 0 saturated heterocycles. The zero-order valence-electron chi connectivity index (χ0n) is 22.6. The van der Waals surface area contributed by atoms with E-state index in [-0.39, 0.29) is 0 Å². The van der Waals surface area contributed by atoms with E-state index in [1.54, 1.807) is 6.07 Å². The van der Waals surface area contributed by atoms with Gasteiger partial charge in [-0.05, 0) is 66.2 Å². The number of aromatic nitrogens is 1. The molecule has 0 aliphatic heterocycles. The van der Waals surface area contributed by atoms with Gasteiger partial charge in [0.05, 0.1) is 44.7 Å². The monoisotopic (exact) mass is 565 g/mol. The molecule has 198 valence electrons. The fourth-order valence-electron chi connectivity index (χ4n) is 6.53. The molecule has 0 aliphatic carbocycles. The molecule has 9 rings (SSSR count). The first kappa shape index (κ1) is 23.8. The summed E-state index contributed by atoms with van der Waals surface area (Å²) in [7, 11) is 0. The van der Waals surface area contributed by atoms with Crippen molar-refractivity contribution in [2.45, 2.75) is 0 Å². The molecule has 0 atom stereocenters. The van der Waals surface area contributed by atoms with E-state index in [1.165, 1.54) is 36.5 Å². The van der Waals surface area contributed by atoms with Crippen LogP contribution in [0.1, 0.15) is 11.1 Å². The van der Waals surface area contributed by atoms with Crippen LogP contribution in [0.5, 0.6) is 0 Å². The maximum Gasteiger partial charge on any atom is 0.135 e.